The van der Waals surface area contributed by atoms with Crippen LogP contribution in [0.15, 0.2) is 30.6 Å². The van der Waals surface area contributed by atoms with Gasteiger partial charge in [-0.2, -0.15) is 0 Å². The van der Waals surface area contributed by atoms with Crippen LogP contribution in [-0.2, 0) is 0 Å². The molecule has 3 rings (SSSR count). The Morgan fingerprint density at radius 1 is 1.27 bits per heavy atom. The van der Waals surface area contributed by atoms with Gasteiger partial charge in [0.05, 0.1) is 23.8 Å². The lowest BCUT2D eigenvalue weighted by atomic mass is 10.2. The van der Waals surface area contributed by atoms with Crippen LogP contribution in [0.25, 0.3) is 0 Å². The number of likely N-dealkylation sites (N-methyl/N-ethyl adjacent to an activating group) is 1. The second-order valence-corrected chi connectivity index (χ2v) is 6.71. The van der Waals surface area contributed by atoms with Crippen molar-refractivity contribution in [3.63, 3.8) is 0 Å². The van der Waals surface area contributed by atoms with E-state index in [1.807, 2.05) is 32.0 Å². The van der Waals surface area contributed by atoms with Gasteiger partial charge in [0, 0.05) is 6.04 Å². The number of likely N-dealkylation sites (tertiary alicyclic amines) is 1. The number of rotatable bonds is 5. The number of nitrogens with zero attached hydrogens (tertiary/aromatic N) is 3. The summed E-state index contributed by atoms with van der Waals surface area (Å²) < 4.78 is 6.00. The van der Waals surface area contributed by atoms with Crippen LogP contribution < -0.4 is 15.4 Å². The number of anilines is 2. The standard InChI is InChI=1S/C19H25N5O2/c1-13-6-7-17(26-12-15-5-4-8-24(15)3)16(9-13)22-19(25)23-18-11-20-14(2)10-21-18/h6-7,9-11,15H,4-5,8,12H2,1-3H3,(H2,21,22,23,25)/t15-/m1/s1. The SMILES string of the molecule is Cc1ccc(OC[C@H]2CCCN2C)c(NC(=O)Nc2cnc(C)cn2)c1. The maximum absolute atomic E-state index is 12.3. The first-order valence-electron chi connectivity index (χ1n) is 8.81. The Hall–Kier alpha value is -2.67. The van der Waals surface area contributed by atoms with Crippen molar-refractivity contribution >= 4 is 17.5 Å². The van der Waals surface area contributed by atoms with Crippen molar-refractivity contribution in [3.05, 3.63) is 41.9 Å². The monoisotopic (exact) mass is 355 g/mol. The largest absolute Gasteiger partial charge is 0.490 e. The van der Waals surface area contributed by atoms with Gasteiger partial charge in [0.2, 0.25) is 0 Å². The third kappa shape index (κ3) is 4.70. The molecule has 1 atom stereocenters. The van der Waals surface area contributed by atoms with Crippen LogP contribution in [0.5, 0.6) is 5.75 Å². The number of nitrogens with one attached hydrogen (secondary N) is 2. The number of aryl methyl sites for hydroxylation is 2. The first kappa shape index (κ1) is 18.1. The fourth-order valence-corrected chi connectivity index (χ4v) is 2.97. The zero-order chi connectivity index (χ0) is 18.5. The molecule has 1 fully saturated rings. The van der Waals surface area contributed by atoms with Crippen LogP contribution in [0, 0.1) is 13.8 Å². The number of amides is 2. The summed E-state index contributed by atoms with van der Waals surface area (Å²) in [7, 11) is 2.12. The number of carbonyl (C=O) groups is 1. The third-order valence-corrected chi connectivity index (χ3v) is 4.51. The second-order valence-electron chi connectivity index (χ2n) is 6.71. The Balaban J connectivity index is 1.64. The molecule has 0 bridgehead atoms. The molecule has 0 saturated carbocycles. The number of hydrogen-bond donors (Lipinski definition) is 2. The molecular formula is C19H25N5O2. The normalized spacial score (nSPS) is 17.1. The molecule has 0 radical (unpaired) electrons. The summed E-state index contributed by atoms with van der Waals surface area (Å²) in [6.07, 6.45) is 5.47. The van der Waals surface area contributed by atoms with E-state index in [0.717, 1.165) is 24.2 Å². The van der Waals surface area contributed by atoms with Gasteiger partial charge in [-0.05, 0) is 58.0 Å². The summed E-state index contributed by atoms with van der Waals surface area (Å²) in [5.41, 5.74) is 2.48. The lowest BCUT2D eigenvalue weighted by molar-refractivity contribution is 0.199. The lowest BCUT2D eigenvalue weighted by Crippen LogP contribution is -2.30. The van der Waals surface area contributed by atoms with Crippen LogP contribution in [0.4, 0.5) is 16.3 Å². The van der Waals surface area contributed by atoms with Crippen molar-refractivity contribution in [2.24, 2.45) is 0 Å². The topological polar surface area (TPSA) is 79.4 Å². The van der Waals surface area contributed by atoms with Gasteiger partial charge in [-0.15, -0.1) is 0 Å². The van der Waals surface area contributed by atoms with E-state index in [4.69, 9.17) is 4.74 Å². The lowest BCUT2D eigenvalue weighted by Gasteiger charge is -2.21. The number of hydrogen-bond acceptors (Lipinski definition) is 5. The number of urea groups is 1. The predicted octanol–water partition coefficient (Wildman–Crippen LogP) is 3.21. The van der Waals surface area contributed by atoms with E-state index in [2.05, 4.69) is 32.5 Å². The molecule has 7 heteroatoms. The van der Waals surface area contributed by atoms with E-state index in [0.29, 0.717) is 29.9 Å². The summed E-state index contributed by atoms with van der Waals surface area (Å²) in [6.45, 7) is 5.53. The summed E-state index contributed by atoms with van der Waals surface area (Å²) in [5, 5.41) is 5.53. The Bertz CT molecular complexity index is 763. The fraction of sp³-hybridized carbons (Fsp3) is 0.421. The summed E-state index contributed by atoms with van der Waals surface area (Å²) in [6, 6.07) is 5.81. The molecule has 1 aliphatic rings. The second kappa shape index (κ2) is 8.14. The molecule has 0 spiro atoms. The van der Waals surface area contributed by atoms with Crippen molar-refractivity contribution in [3.8, 4) is 5.75 Å². The molecule has 2 amide bonds. The maximum atomic E-state index is 12.3. The van der Waals surface area contributed by atoms with Crippen LogP contribution in [0.2, 0.25) is 0 Å². The highest BCUT2D eigenvalue weighted by Gasteiger charge is 2.22. The third-order valence-electron chi connectivity index (χ3n) is 4.51. The summed E-state index contributed by atoms with van der Waals surface area (Å²) in [4.78, 5) is 22.8. The first-order chi connectivity index (χ1) is 12.5. The van der Waals surface area contributed by atoms with Gasteiger partial charge in [0.15, 0.2) is 5.82 Å². The first-order valence-corrected chi connectivity index (χ1v) is 8.81. The average Bonchev–Trinajstić information content (AvgIpc) is 3.01. The molecule has 1 aromatic carbocycles. The van der Waals surface area contributed by atoms with Gasteiger partial charge in [0.25, 0.3) is 0 Å². The molecule has 26 heavy (non-hydrogen) atoms. The van der Waals surface area contributed by atoms with Crippen LogP contribution in [0.3, 0.4) is 0 Å². The zero-order valence-corrected chi connectivity index (χ0v) is 15.5. The van der Waals surface area contributed by atoms with Gasteiger partial charge in [0.1, 0.15) is 12.4 Å². The Kier molecular flexibility index (Phi) is 5.68. The Morgan fingerprint density at radius 3 is 2.81 bits per heavy atom. The molecule has 1 aromatic heterocycles. The molecule has 2 N–H and O–H groups in total. The van der Waals surface area contributed by atoms with E-state index in [-0.39, 0.29) is 6.03 Å². The highest BCUT2D eigenvalue weighted by atomic mass is 16.5. The van der Waals surface area contributed by atoms with Crippen molar-refractivity contribution < 1.29 is 9.53 Å². The van der Waals surface area contributed by atoms with Gasteiger partial charge in [-0.25, -0.2) is 9.78 Å². The molecule has 2 aromatic rings. The van der Waals surface area contributed by atoms with Crippen molar-refractivity contribution in [2.45, 2.75) is 32.7 Å². The minimum atomic E-state index is -0.378. The van der Waals surface area contributed by atoms with Crippen molar-refractivity contribution in [1.29, 1.82) is 0 Å². The molecule has 2 heterocycles. The van der Waals surface area contributed by atoms with E-state index in [1.54, 1.807) is 6.20 Å². The van der Waals surface area contributed by atoms with Crippen molar-refractivity contribution in [1.82, 2.24) is 14.9 Å². The highest BCUT2D eigenvalue weighted by Crippen LogP contribution is 2.27. The maximum Gasteiger partial charge on any atom is 0.324 e. The molecule has 1 aliphatic heterocycles. The minimum absolute atomic E-state index is 0.378. The van der Waals surface area contributed by atoms with Gasteiger partial charge < -0.3 is 15.0 Å². The van der Waals surface area contributed by atoms with Crippen molar-refractivity contribution in [2.75, 3.05) is 30.8 Å². The molecule has 0 unspecified atom stereocenters. The molecule has 1 saturated heterocycles. The van der Waals surface area contributed by atoms with Crippen LogP contribution in [0.1, 0.15) is 24.1 Å². The van der Waals surface area contributed by atoms with E-state index < -0.39 is 0 Å². The molecular weight excluding hydrogens is 330 g/mol. The number of carbonyl (C=O) groups excluding carboxylic acids is 1. The van der Waals surface area contributed by atoms with Crippen LogP contribution in [-0.4, -0.2) is 47.1 Å². The highest BCUT2D eigenvalue weighted by molar-refractivity contribution is 6.00. The van der Waals surface area contributed by atoms with Gasteiger partial charge in [-0.1, -0.05) is 6.07 Å². The van der Waals surface area contributed by atoms with Crippen LogP contribution >= 0.6 is 0 Å². The Labute approximate surface area is 153 Å². The van der Waals surface area contributed by atoms with Gasteiger partial charge >= 0.3 is 6.03 Å². The average molecular weight is 355 g/mol. The fourth-order valence-electron chi connectivity index (χ4n) is 2.97. The molecule has 138 valence electrons. The Morgan fingerprint density at radius 2 is 2.12 bits per heavy atom. The van der Waals surface area contributed by atoms with Gasteiger partial charge in [-0.3, -0.25) is 10.3 Å². The number of benzene rings is 1. The van der Waals surface area contributed by atoms with E-state index >= 15 is 0 Å². The quantitative estimate of drug-likeness (QED) is 0.861. The van der Waals surface area contributed by atoms with E-state index in [1.165, 1.54) is 12.6 Å². The smallest absolute Gasteiger partial charge is 0.324 e. The van der Waals surface area contributed by atoms with E-state index in [9.17, 15) is 4.79 Å². The predicted molar refractivity (Wildman–Crippen MR) is 102 cm³/mol. The molecule has 7 nitrogen and oxygen atoms in total. The number of aromatic nitrogens is 2. The molecule has 0 aliphatic carbocycles. The minimum Gasteiger partial charge on any atom is -0.490 e. The number of ether oxygens (including phenoxy) is 1. The summed E-state index contributed by atoms with van der Waals surface area (Å²) in [5.74, 6) is 1.07. The zero-order valence-electron chi connectivity index (χ0n) is 15.5. The summed E-state index contributed by atoms with van der Waals surface area (Å²) >= 11 is 0.